The number of hydrogen-bond acceptors (Lipinski definition) is 15. The molecule has 6 atom stereocenters. The molecule has 0 aliphatic heterocycles. The molecule has 0 saturated carbocycles. The molecule has 0 aliphatic carbocycles. The van der Waals surface area contributed by atoms with Crippen LogP contribution in [0.5, 0.6) is 0 Å². The minimum atomic E-state index is -4.96. The van der Waals surface area contributed by atoms with Gasteiger partial charge in [-0.1, -0.05) is 337 Å². The lowest BCUT2D eigenvalue weighted by Crippen LogP contribution is -2.30. The summed E-state index contributed by atoms with van der Waals surface area (Å²) in [6.45, 7) is 9.61. The molecule has 0 fully saturated rings. The number of esters is 4. The van der Waals surface area contributed by atoms with Gasteiger partial charge in [0, 0.05) is 25.7 Å². The highest BCUT2D eigenvalue weighted by atomic mass is 31.2. The molecule has 0 rings (SSSR count). The monoisotopic (exact) mass is 1380 g/mol. The zero-order valence-corrected chi connectivity index (χ0v) is 63.1. The number of hydrogen-bond donors (Lipinski definition) is 3. The molecule has 0 aromatic rings. The Balaban J connectivity index is 5.27. The molecule has 0 bridgehead atoms. The Labute approximate surface area is 575 Å². The van der Waals surface area contributed by atoms with E-state index in [0.717, 1.165) is 102 Å². The fourth-order valence-electron chi connectivity index (χ4n) is 11.4. The summed E-state index contributed by atoms with van der Waals surface area (Å²) in [4.78, 5) is 72.8. The largest absolute Gasteiger partial charge is 0.472 e. The van der Waals surface area contributed by atoms with Crippen LogP contribution in [0, 0.1) is 11.8 Å². The van der Waals surface area contributed by atoms with Crippen molar-refractivity contribution in [2.45, 2.75) is 407 Å². The van der Waals surface area contributed by atoms with Gasteiger partial charge in [-0.3, -0.25) is 37.3 Å². The number of phosphoric acid groups is 2. The molecular weight excluding hydrogens is 1230 g/mol. The van der Waals surface area contributed by atoms with E-state index >= 15 is 0 Å². The Hall–Kier alpha value is -1.94. The number of carbonyl (C=O) groups excluding carboxylic acids is 4. The Kier molecular flexibility index (Phi) is 65.5. The summed E-state index contributed by atoms with van der Waals surface area (Å²) >= 11 is 0. The summed E-state index contributed by atoms with van der Waals surface area (Å²) < 4.78 is 68.5. The quantitative estimate of drug-likeness (QED) is 0.0222. The molecule has 3 N–H and O–H groups in total. The smallest absolute Gasteiger partial charge is 0.462 e. The van der Waals surface area contributed by atoms with Gasteiger partial charge in [-0.2, -0.15) is 0 Å². The van der Waals surface area contributed by atoms with E-state index in [0.29, 0.717) is 25.7 Å². The van der Waals surface area contributed by atoms with Crippen LogP contribution in [-0.4, -0.2) is 96.7 Å². The summed E-state index contributed by atoms with van der Waals surface area (Å²) in [7, 11) is -9.91. The number of aliphatic hydroxyl groups is 1. The number of rotatable bonds is 74. The normalized spacial score (nSPS) is 14.3. The first-order valence-corrected chi connectivity index (χ1v) is 42.0. The van der Waals surface area contributed by atoms with Gasteiger partial charge in [0.15, 0.2) is 12.2 Å². The van der Waals surface area contributed by atoms with Crippen LogP contribution in [0.15, 0.2) is 0 Å². The summed E-state index contributed by atoms with van der Waals surface area (Å²) in [5, 5.41) is 10.6. The van der Waals surface area contributed by atoms with Crippen LogP contribution in [0.4, 0.5) is 0 Å². The second-order valence-corrected chi connectivity index (χ2v) is 30.7. The van der Waals surface area contributed by atoms with E-state index in [1.165, 1.54) is 205 Å². The number of carbonyl (C=O) groups is 4. The van der Waals surface area contributed by atoms with Gasteiger partial charge in [0.25, 0.3) is 0 Å². The third-order valence-electron chi connectivity index (χ3n) is 17.8. The van der Waals surface area contributed by atoms with Gasteiger partial charge in [-0.05, 0) is 37.5 Å². The number of unbranched alkanes of at least 4 members (excludes halogenated alkanes) is 43. The first kappa shape index (κ1) is 92.1. The van der Waals surface area contributed by atoms with Crippen LogP contribution in [0.25, 0.3) is 0 Å². The van der Waals surface area contributed by atoms with Gasteiger partial charge in [0.05, 0.1) is 26.4 Å². The van der Waals surface area contributed by atoms with Crippen LogP contribution in [0.3, 0.4) is 0 Å². The van der Waals surface area contributed by atoms with Gasteiger partial charge in [-0.25, -0.2) is 9.13 Å². The van der Waals surface area contributed by atoms with E-state index in [-0.39, 0.29) is 25.7 Å². The van der Waals surface area contributed by atoms with Crippen LogP contribution in [0.2, 0.25) is 0 Å². The molecule has 0 aromatic heterocycles. The van der Waals surface area contributed by atoms with Gasteiger partial charge in [-0.15, -0.1) is 0 Å². The lowest BCUT2D eigenvalue weighted by molar-refractivity contribution is -0.161. The molecule has 0 saturated heterocycles. The maximum absolute atomic E-state index is 13.1. The molecule has 3 unspecified atom stereocenters. The van der Waals surface area contributed by atoms with Crippen molar-refractivity contribution in [3.8, 4) is 0 Å². The number of phosphoric ester groups is 2. The van der Waals surface area contributed by atoms with Gasteiger partial charge >= 0.3 is 39.5 Å². The van der Waals surface area contributed by atoms with E-state index in [1.807, 2.05) is 0 Å². The standard InChI is InChI=1S/C75H146O17P2/c1-7-10-12-14-16-18-20-22-23-25-27-35-42-48-54-60-75(80)91-70(63-85-72(77)57-51-45-39-33-29-28-32-38-44-50-56-68(6)9-3)65-89-93(81,82)87-61-69(76)62-88-94(83,84)90-66-71(64-86-73(78)58-52-46-40-36-30-31-37-43-49-55-67(4)5)92-74(79)59-53-47-41-34-26-24-21-19-17-15-13-11-8-2/h67-71,76H,7-66H2,1-6H3,(H,81,82)(H,83,84)/t68?,69-,70-,71-/m1/s1. The maximum Gasteiger partial charge on any atom is 0.472 e. The highest BCUT2D eigenvalue weighted by Gasteiger charge is 2.30. The summed E-state index contributed by atoms with van der Waals surface area (Å²) in [6, 6.07) is 0. The summed E-state index contributed by atoms with van der Waals surface area (Å²) in [5.74, 6) is -0.560. The average Bonchev–Trinajstić information content (AvgIpc) is 1.59. The van der Waals surface area contributed by atoms with Crippen molar-refractivity contribution >= 4 is 39.5 Å². The van der Waals surface area contributed by atoms with Crippen molar-refractivity contribution in [2.75, 3.05) is 39.6 Å². The van der Waals surface area contributed by atoms with Crippen molar-refractivity contribution in [3.63, 3.8) is 0 Å². The second-order valence-electron chi connectivity index (χ2n) is 27.8. The lowest BCUT2D eigenvalue weighted by atomic mass is 9.99. The van der Waals surface area contributed by atoms with E-state index in [1.54, 1.807) is 0 Å². The Morgan fingerprint density at radius 3 is 0.809 bits per heavy atom. The predicted molar refractivity (Wildman–Crippen MR) is 381 cm³/mol. The molecule has 0 aliphatic rings. The van der Waals surface area contributed by atoms with Crippen molar-refractivity contribution in [2.24, 2.45) is 11.8 Å². The molecule has 0 spiro atoms. The van der Waals surface area contributed by atoms with Gasteiger partial charge in [0.1, 0.15) is 19.3 Å². The highest BCUT2D eigenvalue weighted by Crippen LogP contribution is 2.45. The fraction of sp³-hybridized carbons (Fsp3) is 0.947. The van der Waals surface area contributed by atoms with Crippen molar-refractivity contribution in [3.05, 3.63) is 0 Å². The second kappa shape index (κ2) is 66.9. The van der Waals surface area contributed by atoms with Crippen LogP contribution in [-0.2, 0) is 65.4 Å². The molecule has 19 heteroatoms. The van der Waals surface area contributed by atoms with Crippen LogP contribution >= 0.6 is 15.6 Å². The van der Waals surface area contributed by atoms with E-state index in [9.17, 15) is 43.2 Å². The van der Waals surface area contributed by atoms with Crippen molar-refractivity contribution in [1.82, 2.24) is 0 Å². The first-order valence-electron chi connectivity index (χ1n) is 39.0. The third-order valence-corrected chi connectivity index (χ3v) is 19.7. The highest BCUT2D eigenvalue weighted by molar-refractivity contribution is 7.47. The topological polar surface area (TPSA) is 237 Å². The fourth-order valence-corrected chi connectivity index (χ4v) is 13.0. The molecular formula is C75H146O17P2. The molecule has 17 nitrogen and oxygen atoms in total. The van der Waals surface area contributed by atoms with E-state index in [2.05, 4.69) is 41.5 Å². The minimum absolute atomic E-state index is 0.107. The predicted octanol–water partition coefficient (Wildman–Crippen LogP) is 21.9. The molecule has 0 amide bonds. The Morgan fingerprint density at radius 1 is 0.309 bits per heavy atom. The summed E-state index contributed by atoms with van der Waals surface area (Å²) in [6.07, 6.45) is 53.9. The average molecular weight is 1380 g/mol. The zero-order chi connectivity index (χ0) is 69.3. The zero-order valence-electron chi connectivity index (χ0n) is 61.3. The molecule has 558 valence electrons. The van der Waals surface area contributed by atoms with Gasteiger partial charge < -0.3 is 33.8 Å². The number of ether oxygens (including phenoxy) is 4. The van der Waals surface area contributed by atoms with Crippen molar-refractivity contribution < 1.29 is 80.2 Å². The van der Waals surface area contributed by atoms with Gasteiger partial charge in [0.2, 0.25) is 0 Å². The Morgan fingerprint density at radius 2 is 0.543 bits per heavy atom. The molecule has 0 aromatic carbocycles. The maximum atomic E-state index is 13.1. The van der Waals surface area contributed by atoms with E-state index in [4.69, 9.17) is 37.0 Å². The molecule has 0 heterocycles. The third kappa shape index (κ3) is 67.3. The van der Waals surface area contributed by atoms with E-state index < -0.39 is 97.5 Å². The first-order chi connectivity index (χ1) is 45.4. The molecule has 0 radical (unpaired) electrons. The van der Waals surface area contributed by atoms with Crippen LogP contribution in [0.1, 0.15) is 388 Å². The summed E-state index contributed by atoms with van der Waals surface area (Å²) in [5.41, 5.74) is 0. The lowest BCUT2D eigenvalue weighted by Gasteiger charge is -2.21. The van der Waals surface area contributed by atoms with Crippen molar-refractivity contribution in [1.29, 1.82) is 0 Å². The Bertz CT molecular complexity index is 1820. The number of aliphatic hydroxyl groups excluding tert-OH is 1. The minimum Gasteiger partial charge on any atom is -0.462 e. The SMILES string of the molecule is CCCCCCCCCCCCCCCCCC(=O)O[C@H](COC(=O)CCCCCCCCCCCCC(C)CC)COP(=O)(O)OC[C@@H](O)COP(=O)(O)OC[C@@H](COC(=O)CCCCCCCCCCCC(C)C)OC(=O)CCCCCCCCCCCCCCC. The van der Waals surface area contributed by atoms with Crippen LogP contribution < -0.4 is 0 Å². The molecule has 94 heavy (non-hydrogen) atoms.